The van der Waals surface area contributed by atoms with Gasteiger partial charge in [0.05, 0.1) is 21.7 Å². The molecule has 0 fully saturated rings. The molecule has 0 spiro atoms. The van der Waals surface area contributed by atoms with Crippen molar-refractivity contribution in [3.63, 3.8) is 0 Å². The van der Waals surface area contributed by atoms with Crippen molar-refractivity contribution in [1.82, 2.24) is 4.98 Å². The van der Waals surface area contributed by atoms with Crippen LogP contribution < -0.4 is 0 Å². The highest BCUT2D eigenvalue weighted by molar-refractivity contribution is 6.43. The number of nitrogens with zero attached hydrogens (tertiary/aromatic N) is 2. The van der Waals surface area contributed by atoms with Crippen molar-refractivity contribution < 1.29 is 14.3 Å². The zero-order valence-corrected chi connectivity index (χ0v) is 15.8. The number of aromatic carboxylic acids is 1. The third kappa shape index (κ3) is 3.57. The van der Waals surface area contributed by atoms with Crippen molar-refractivity contribution in [2.45, 2.75) is 12.8 Å². The van der Waals surface area contributed by atoms with Crippen LogP contribution in [0.5, 0.6) is 0 Å². The highest BCUT2D eigenvalue weighted by atomic mass is 35.5. The molecule has 136 valence electrons. The number of hydrogen-bond acceptors (Lipinski definition) is 3. The summed E-state index contributed by atoms with van der Waals surface area (Å²) in [7, 11) is 0. The first-order chi connectivity index (χ1) is 12.8. The average Bonchev–Trinajstić information content (AvgIpc) is 2.63. The summed E-state index contributed by atoms with van der Waals surface area (Å²) < 4.78 is 15.4. The van der Waals surface area contributed by atoms with Gasteiger partial charge in [0.2, 0.25) is 0 Å². The monoisotopic (exact) mass is 422 g/mol. The van der Waals surface area contributed by atoms with Crippen LogP contribution in [-0.4, -0.2) is 16.1 Å². The Balaban J connectivity index is 2.39. The smallest absolute Gasteiger partial charge is 0.338 e. The minimum atomic E-state index is -1.27. The Morgan fingerprint density at radius 2 is 2.00 bits per heavy atom. The first kappa shape index (κ1) is 19.4. The second kappa shape index (κ2) is 7.69. The molecule has 0 radical (unpaired) electrons. The Kier molecular flexibility index (Phi) is 5.52. The van der Waals surface area contributed by atoms with Gasteiger partial charge in [0.25, 0.3) is 0 Å². The first-order valence-electron chi connectivity index (χ1n) is 7.71. The molecule has 27 heavy (non-hydrogen) atoms. The minimum Gasteiger partial charge on any atom is -0.478 e. The predicted octanol–water partition coefficient (Wildman–Crippen LogP) is 6.16. The summed E-state index contributed by atoms with van der Waals surface area (Å²) in [5.41, 5.74) is 0.694. The van der Waals surface area contributed by atoms with E-state index in [-0.39, 0.29) is 50.1 Å². The number of aryl methyl sites for hydroxylation is 1. The summed E-state index contributed by atoms with van der Waals surface area (Å²) in [6.45, 7) is 0. The van der Waals surface area contributed by atoms with Crippen LogP contribution in [0.4, 0.5) is 4.39 Å². The van der Waals surface area contributed by atoms with E-state index in [1.54, 1.807) is 24.3 Å². The van der Waals surface area contributed by atoms with Gasteiger partial charge in [0.1, 0.15) is 10.7 Å². The van der Waals surface area contributed by atoms with Crippen molar-refractivity contribution >= 4 is 51.7 Å². The summed E-state index contributed by atoms with van der Waals surface area (Å²) in [5.74, 6) is -1.97. The number of carboxylic acid groups (broad SMARTS) is 1. The lowest BCUT2D eigenvalue weighted by Gasteiger charge is -2.15. The van der Waals surface area contributed by atoms with Crippen molar-refractivity contribution in [2.75, 3.05) is 0 Å². The number of nitriles is 1. The summed E-state index contributed by atoms with van der Waals surface area (Å²) in [5, 5.41) is 18.5. The van der Waals surface area contributed by atoms with Gasteiger partial charge in [-0.2, -0.15) is 5.26 Å². The molecule has 0 aliphatic carbocycles. The van der Waals surface area contributed by atoms with E-state index in [0.29, 0.717) is 11.1 Å². The average molecular weight is 424 g/mol. The predicted molar refractivity (Wildman–Crippen MR) is 103 cm³/mol. The first-order valence-corrected chi connectivity index (χ1v) is 8.84. The molecule has 0 aliphatic heterocycles. The Morgan fingerprint density at radius 3 is 2.67 bits per heavy atom. The lowest BCUT2D eigenvalue weighted by Crippen LogP contribution is -2.03. The van der Waals surface area contributed by atoms with Crippen molar-refractivity contribution in [2.24, 2.45) is 0 Å². The summed E-state index contributed by atoms with van der Waals surface area (Å²) in [6.07, 6.45) is 0.384. The molecule has 8 heteroatoms. The molecule has 3 aromatic rings. The lowest BCUT2D eigenvalue weighted by molar-refractivity contribution is 0.0697. The van der Waals surface area contributed by atoms with Crippen LogP contribution in [0.2, 0.25) is 15.2 Å². The Labute approximate surface area is 168 Å². The summed E-state index contributed by atoms with van der Waals surface area (Å²) in [6, 6.07) is 9.70. The number of benzene rings is 2. The van der Waals surface area contributed by atoms with Gasteiger partial charge in [-0.3, -0.25) is 0 Å². The maximum Gasteiger partial charge on any atom is 0.338 e. The van der Waals surface area contributed by atoms with Gasteiger partial charge in [-0.05, 0) is 30.2 Å². The molecule has 2 aromatic carbocycles. The Hall–Kier alpha value is -2.39. The number of hydrogen-bond donors (Lipinski definition) is 1. The van der Waals surface area contributed by atoms with E-state index in [9.17, 15) is 9.90 Å². The van der Waals surface area contributed by atoms with Gasteiger partial charge in [0.15, 0.2) is 5.82 Å². The van der Waals surface area contributed by atoms with E-state index in [1.165, 1.54) is 6.07 Å². The van der Waals surface area contributed by atoms with Gasteiger partial charge in [-0.15, -0.1) is 0 Å². The molecule has 1 heterocycles. The molecule has 3 rings (SSSR count). The number of carboxylic acids is 1. The molecule has 4 nitrogen and oxygen atoms in total. The standard InChI is InChI=1S/C19H10Cl3FN2O2/c20-13-5-1-4-11(15(13)21)14-9(3-2-6-24)7-10-8-12(19(26)27)18(22)25-17(10)16(14)23/h1,4-5,7-8H,2-3H2,(H,26,27). The van der Waals surface area contributed by atoms with E-state index < -0.39 is 11.8 Å². The maximum absolute atomic E-state index is 15.4. The zero-order chi connectivity index (χ0) is 19.7. The largest absolute Gasteiger partial charge is 0.478 e. The van der Waals surface area contributed by atoms with Crippen LogP contribution in [0.1, 0.15) is 22.3 Å². The number of aromatic nitrogens is 1. The number of pyridine rings is 1. The second-order valence-corrected chi connectivity index (χ2v) is 6.83. The molecule has 0 saturated heterocycles. The Bertz CT molecular complexity index is 1130. The van der Waals surface area contributed by atoms with Gasteiger partial charge in [-0.25, -0.2) is 14.2 Å². The van der Waals surface area contributed by atoms with Gasteiger partial charge < -0.3 is 5.11 Å². The van der Waals surface area contributed by atoms with Crippen molar-refractivity contribution in [1.29, 1.82) is 5.26 Å². The number of rotatable bonds is 4. The molecule has 0 aliphatic rings. The quantitative estimate of drug-likeness (QED) is 0.510. The third-order valence-corrected chi connectivity index (χ3v) is 5.15. The van der Waals surface area contributed by atoms with Crippen molar-refractivity contribution in [3.8, 4) is 17.2 Å². The highest BCUT2D eigenvalue weighted by Gasteiger charge is 2.21. The van der Waals surface area contributed by atoms with Crippen LogP contribution in [0.25, 0.3) is 22.0 Å². The molecule has 0 bridgehead atoms. The van der Waals surface area contributed by atoms with E-state index in [2.05, 4.69) is 4.98 Å². The van der Waals surface area contributed by atoms with Crippen LogP contribution in [-0.2, 0) is 6.42 Å². The molecule has 0 atom stereocenters. The van der Waals surface area contributed by atoms with Gasteiger partial charge in [0, 0.05) is 22.9 Å². The van der Waals surface area contributed by atoms with Crippen LogP contribution in [0, 0.1) is 17.1 Å². The maximum atomic E-state index is 15.4. The fourth-order valence-electron chi connectivity index (χ4n) is 2.84. The zero-order valence-electron chi connectivity index (χ0n) is 13.6. The SMILES string of the molecule is N#CCCc1cc2cc(C(=O)O)c(Cl)nc2c(F)c1-c1cccc(Cl)c1Cl. The Morgan fingerprint density at radius 1 is 1.26 bits per heavy atom. The lowest BCUT2D eigenvalue weighted by atomic mass is 9.93. The van der Waals surface area contributed by atoms with E-state index in [0.717, 1.165) is 0 Å². The number of carbonyl (C=O) groups is 1. The van der Waals surface area contributed by atoms with Crippen LogP contribution >= 0.6 is 34.8 Å². The van der Waals surface area contributed by atoms with Crippen LogP contribution in [0.15, 0.2) is 30.3 Å². The molecule has 0 saturated carbocycles. The molecule has 0 amide bonds. The number of halogens is 4. The topological polar surface area (TPSA) is 74.0 Å². The molecular formula is C19H10Cl3FN2O2. The second-order valence-electron chi connectivity index (χ2n) is 5.69. The van der Waals surface area contributed by atoms with Gasteiger partial charge in [-0.1, -0.05) is 46.9 Å². The van der Waals surface area contributed by atoms with Crippen molar-refractivity contribution in [3.05, 3.63) is 62.5 Å². The molecule has 1 aromatic heterocycles. The minimum absolute atomic E-state index is 0.0863. The summed E-state index contributed by atoms with van der Waals surface area (Å²) >= 11 is 18.2. The van der Waals surface area contributed by atoms with E-state index in [1.807, 2.05) is 6.07 Å². The third-order valence-electron chi connectivity index (χ3n) is 4.04. The van der Waals surface area contributed by atoms with E-state index in [4.69, 9.17) is 40.1 Å². The highest BCUT2D eigenvalue weighted by Crippen LogP contribution is 2.40. The summed E-state index contributed by atoms with van der Waals surface area (Å²) in [4.78, 5) is 15.2. The molecule has 0 unspecified atom stereocenters. The number of fused-ring (bicyclic) bond motifs is 1. The van der Waals surface area contributed by atoms with Gasteiger partial charge >= 0.3 is 5.97 Å². The fourth-order valence-corrected chi connectivity index (χ4v) is 3.45. The molecule has 1 N–H and O–H groups in total. The normalized spacial score (nSPS) is 10.8. The fraction of sp³-hybridized carbons (Fsp3) is 0.105. The molecular weight excluding hydrogens is 414 g/mol. The van der Waals surface area contributed by atoms with E-state index >= 15 is 4.39 Å². The van der Waals surface area contributed by atoms with Crippen LogP contribution in [0.3, 0.4) is 0 Å².